The Kier molecular flexibility index (Phi) is 4.77. The molecule has 0 saturated carbocycles. The van der Waals surface area contributed by atoms with Crippen LogP contribution in [0.2, 0.25) is 5.02 Å². The van der Waals surface area contributed by atoms with Crippen molar-refractivity contribution in [3.05, 3.63) is 45.6 Å². The van der Waals surface area contributed by atoms with Crippen molar-refractivity contribution in [2.45, 2.75) is 45.3 Å². The maximum absolute atomic E-state index is 14.4. The number of nitrogens with zero attached hydrogens (tertiary/aromatic N) is 4. The third kappa shape index (κ3) is 3.57. The van der Waals surface area contributed by atoms with Crippen LogP contribution in [0.3, 0.4) is 0 Å². The van der Waals surface area contributed by atoms with Gasteiger partial charge in [-0.1, -0.05) is 17.7 Å². The van der Waals surface area contributed by atoms with Crippen LogP contribution in [0.4, 0.5) is 9.18 Å². The molecule has 4 rings (SSSR count). The van der Waals surface area contributed by atoms with Crippen molar-refractivity contribution < 1.29 is 13.9 Å². The molecular formula is C20H22ClFN4O3. The second kappa shape index (κ2) is 7.02. The first-order valence-corrected chi connectivity index (χ1v) is 9.89. The molecule has 1 saturated heterocycles. The standard InChI is InChI=1S/C20H22ClFN4O3/c1-20(2,3)29-19(28)24-9-7-12(8-10-24)26-17-16-13(21)5-4-6-15(16)23-25(17)11-14(22)18(26)27/h4-6,11-12H,7-10H2,1-3H3. The van der Waals surface area contributed by atoms with Crippen molar-refractivity contribution in [2.24, 2.45) is 0 Å². The fraction of sp³-hybridized carbons (Fsp3) is 0.450. The Balaban J connectivity index is 1.72. The molecule has 0 aliphatic carbocycles. The van der Waals surface area contributed by atoms with Gasteiger partial charge in [0.05, 0.1) is 22.1 Å². The molecule has 0 N–H and O–H groups in total. The Hall–Kier alpha value is -2.61. The molecule has 1 aromatic carbocycles. The summed E-state index contributed by atoms with van der Waals surface area (Å²) in [7, 11) is 0. The highest BCUT2D eigenvalue weighted by Gasteiger charge is 2.30. The topological polar surface area (TPSA) is 68.8 Å². The van der Waals surface area contributed by atoms with Gasteiger partial charge in [0.25, 0.3) is 5.56 Å². The monoisotopic (exact) mass is 420 g/mol. The molecule has 0 spiro atoms. The van der Waals surface area contributed by atoms with Crippen LogP contribution >= 0.6 is 11.6 Å². The zero-order valence-electron chi connectivity index (χ0n) is 16.5. The molecule has 0 bridgehead atoms. The number of aromatic nitrogens is 3. The average Bonchev–Trinajstić information content (AvgIpc) is 3.00. The highest BCUT2D eigenvalue weighted by atomic mass is 35.5. The van der Waals surface area contributed by atoms with Gasteiger partial charge in [-0.25, -0.2) is 9.31 Å². The number of piperidine rings is 1. The number of amides is 1. The lowest BCUT2D eigenvalue weighted by molar-refractivity contribution is 0.0188. The fourth-order valence-electron chi connectivity index (χ4n) is 3.76. The van der Waals surface area contributed by atoms with Gasteiger partial charge >= 0.3 is 6.09 Å². The molecule has 7 nitrogen and oxygen atoms in total. The molecule has 0 atom stereocenters. The first kappa shape index (κ1) is 19.7. The van der Waals surface area contributed by atoms with Crippen molar-refractivity contribution >= 4 is 34.2 Å². The van der Waals surface area contributed by atoms with Gasteiger partial charge in [0.2, 0.25) is 5.82 Å². The predicted octanol–water partition coefficient (Wildman–Crippen LogP) is 4.01. The van der Waals surface area contributed by atoms with Crippen molar-refractivity contribution in [2.75, 3.05) is 13.1 Å². The van der Waals surface area contributed by atoms with Gasteiger partial charge in [-0.15, -0.1) is 0 Å². The molecule has 3 heterocycles. The summed E-state index contributed by atoms with van der Waals surface area (Å²) in [5, 5.41) is 5.42. The minimum Gasteiger partial charge on any atom is -0.444 e. The number of carbonyl (C=O) groups is 1. The molecule has 3 aromatic rings. The smallest absolute Gasteiger partial charge is 0.410 e. The summed E-state index contributed by atoms with van der Waals surface area (Å²) in [5.74, 6) is -0.879. The Morgan fingerprint density at radius 1 is 1.28 bits per heavy atom. The molecule has 1 aliphatic rings. The molecule has 0 radical (unpaired) electrons. The van der Waals surface area contributed by atoms with Gasteiger partial charge in [-0.05, 0) is 45.7 Å². The molecule has 154 valence electrons. The zero-order chi connectivity index (χ0) is 20.9. The van der Waals surface area contributed by atoms with Crippen molar-refractivity contribution in [3.63, 3.8) is 0 Å². The van der Waals surface area contributed by atoms with Crippen LogP contribution in [0.25, 0.3) is 16.6 Å². The SMILES string of the molecule is CC(C)(C)OC(=O)N1CCC(n2c(=O)c(F)cn3nc4cccc(Cl)c4c23)CC1. The third-order valence-electron chi connectivity index (χ3n) is 5.02. The summed E-state index contributed by atoms with van der Waals surface area (Å²) in [5.41, 5.74) is -0.238. The third-order valence-corrected chi connectivity index (χ3v) is 5.33. The molecule has 29 heavy (non-hydrogen) atoms. The maximum atomic E-state index is 14.4. The number of benzene rings is 1. The van der Waals surface area contributed by atoms with Gasteiger partial charge in [0, 0.05) is 19.1 Å². The van der Waals surface area contributed by atoms with E-state index in [1.54, 1.807) is 23.1 Å². The first-order valence-electron chi connectivity index (χ1n) is 9.51. The Morgan fingerprint density at radius 3 is 2.62 bits per heavy atom. The van der Waals surface area contributed by atoms with E-state index in [1.807, 2.05) is 20.8 Å². The van der Waals surface area contributed by atoms with E-state index in [-0.39, 0.29) is 12.1 Å². The number of hydrogen-bond donors (Lipinski definition) is 0. The summed E-state index contributed by atoms with van der Waals surface area (Å²) < 4.78 is 22.6. The van der Waals surface area contributed by atoms with E-state index in [1.165, 1.54) is 9.08 Å². The van der Waals surface area contributed by atoms with Gasteiger partial charge in [-0.2, -0.15) is 9.49 Å². The number of fused-ring (bicyclic) bond motifs is 3. The van der Waals surface area contributed by atoms with Gasteiger partial charge in [0.1, 0.15) is 11.2 Å². The fourth-order valence-corrected chi connectivity index (χ4v) is 4.02. The van der Waals surface area contributed by atoms with E-state index >= 15 is 0 Å². The molecule has 0 unspecified atom stereocenters. The van der Waals surface area contributed by atoms with E-state index in [0.29, 0.717) is 47.5 Å². The lowest BCUT2D eigenvalue weighted by atomic mass is 10.0. The van der Waals surface area contributed by atoms with Crippen molar-refractivity contribution in [1.29, 1.82) is 0 Å². The number of ether oxygens (including phenoxy) is 1. The van der Waals surface area contributed by atoms with Crippen LogP contribution in [0.1, 0.15) is 39.7 Å². The summed E-state index contributed by atoms with van der Waals surface area (Å²) in [4.78, 5) is 26.7. The van der Waals surface area contributed by atoms with Gasteiger partial charge in [0.15, 0.2) is 0 Å². The van der Waals surface area contributed by atoms with E-state index in [4.69, 9.17) is 16.3 Å². The molecular weight excluding hydrogens is 399 g/mol. The minimum absolute atomic E-state index is 0.282. The lowest BCUT2D eigenvalue weighted by Gasteiger charge is -2.34. The van der Waals surface area contributed by atoms with E-state index < -0.39 is 17.0 Å². The quantitative estimate of drug-likeness (QED) is 0.596. The number of carbonyl (C=O) groups excluding carboxylic acids is 1. The van der Waals surface area contributed by atoms with Crippen molar-refractivity contribution in [1.82, 2.24) is 19.1 Å². The zero-order valence-corrected chi connectivity index (χ0v) is 17.2. The summed E-state index contributed by atoms with van der Waals surface area (Å²) in [6.45, 7) is 6.27. The Bertz CT molecular complexity index is 1160. The molecule has 9 heteroatoms. The maximum Gasteiger partial charge on any atom is 0.410 e. The van der Waals surface area contributed by atoms with E-state index in [2.05, 4.69) is 5.10 Å². The summed E-state index contributed by atoms with van der Waals surface area (Å²) >= 11 is 6.37. The summed E-state index contributed by atoms with van der Waals surface area (Å²) in [6, 6.07) is 4.96. The van der Waals surface area contributed by atoms with Crippen LogP contribution in [0, 0.1) is 5.82 Å². The molecule has 2 aromatic heterocycles. The summed E-state index contributed by atoms with van der Waals surface area (Å²) in [6.07, 6.45) is 1.69. The van der Waals surface area contributed by atoms with E-state index in [9.17, 15) is 14.0 Å². The van der Waals surface area contributed by atoms with Gasteiger partial charge in [-0.3, -0.25) is 9.36 Å². The Labute approximate surface area is 171 Å². The number of likely N-dealkylation sites (tertiary alicyclic amines) is 1. The first-order chi connectivity index (χ1) is 13.7. The minimum atomic E-state index is -0.879. The predicted molar refractivity (Wildman–Crippen MR) is 108 cm³/mol. The second-order valence-corrected chi connectivity index (χ2v) is 8.66. The normalized spacial score (nSPS) is 16.0. The lowest BCUT2D eigenvalue weighted by Crippen LogP contribution is -2.43. The van der Waals surface area contributed by atoms with Crippen molar-refractivity contribution in [3.8, 4) is 0 Å². The number of rotatable bonds is 1. The van der Waals surface area contributed by atoms with E-state index in [0.717, 1.165) is 6.20 Å². The van der Waals surface area contributed by atoms with Crippen LogP contribution in [0.15, 0.2) is 29.2 Å². The average molecular weight is 421 g/mol. The highest BCUT2D eigenvalue weighted by molar-refractivity contribution is 6.36. The van der Waals surface area contributed by atoms with Crippen LogP contribution < -0.4 is 5.56 Å². The number of hydrogen-bond acceptors (Lipinski definition) is 4. The van der Waals surface area contributed by atoms with Crippen LogP contribution in [0.5, 0.6) is 0 Å². The highest BCUT2D eigenvalue weighted by Crippen LogP contribution is 2.31. The van der Waals surface area contributed by atoms with Gasteiger partial charge < -0.3 is 9.64 Å². The molecule has 1 fully saturated rings. The second-order valence-electron chi connectivity index (χ2n) is 8.25. The largest absolute Gasteiger partial charge is 0.444 e. The molecule has 1 amide bonds. The van der Waals surface area contributed by atoms with Crippen LogP contribution in [-0.2, 0) is 4.74 Å². The number of halogens is 2. The molecule has 1 aliphatic heterocycles. The Morgan fingerprint density at radius 2 is 1.97 bits per heavy atom. The van der Waals surface area contributed by atoms with Crippen LogP contribution in [-0.4, -0.2) is 43.9 Å².